The normalized spacial score (nSPS) is 10.9. The number of rotatable bonds is 4. The minimum Gasteiger partial charge on any atom is -0.296 e. The lowest BCUT2D eigenvalue weighted by atomic mass is 10.1. The highest BCUT2D eigenvalue weighted by atomic mass is 32.2. The monoisotopic (exact) mass is 302 g/mol. The number of carbonyl (C=O) groups is 1. The molecule has 0 unspecified atom stereocenters. The molecule has 1 amide bonds. The van der Waals surface area contributed by atoms with E-state index in [1.165, 1.54) is 29.2 Å². The molecule has 1 heterocycles. The number of carbonyl (C=O) groups excluding carboxylic acids is 1. The first kappa shape index (κ1) is 14.2. The third-order valence-electron chi connectivity index (χ3n) is 2.28. The number of nitriles is 1. The lowest BCUT2D eigenvalue weighted by Gasteiger charge is -1.99. The van der Waals surface area contributed by atoms with Crippen molar-refractivity contribution in [3.63, 3.8) is 0 Å². The second-order valence-electron chi connectivity index (χ2n) is 3.61. The first-order valence-electron chi connectivity index (χ1n) is 5.58. The number of hydrogen-bond donors (Lipinski definition) is 1. The molecule has 1 aromatic carbocycles. The van der Waals surface area contributed by atoms with Crippen LogP contribution in [0.5, 0.6) is 0 Å². The molecule has 0 saturated carbocycles. The molecule has 0 aliphatic heterocycles. The molecule has 7 heteroatoms. The summed E-state index contributed by atoms with van der Waals surface area (Å²) in [7, 11) is 0. The summed E-state index contributed by atoms with van der Waals surface area (Å²) in [6.07, 6.45) is 3.41. The van der Waals surface area contributed by atoms with Gasteiger partial charge < -0.3 is 0 Å². The van der Waals surface area contributed by atoms with Gasteiger partial charge in [-0.05, 0) is 17.9 Å². The molecule has 5 nitrogen and oxygen atoms in total. The van der Waals surface area contributed by atoms with Crippen molar-refractivity contribution in [3.8, 4) is 6.07 Å². The summed E-state index contributed by atoms with van der Waals surface area (Å²) >= 11 is 2.72. The van der Waals surface area contributed by atoms with Crippen molar-refractivity contribution in [2.45, 2.75) is 4.34 Å². The predicted molar refractivity (Wildman–Crippen MR) is 80.4 cm³/mol. The Hall–Kier alpha value is -2.17. The highest BCUT2D eigenvalue weighted by Gasteiger charge is 2.12. The molecule has 0 aliphatic carbocycles. The van der Waals surface area contributed by atoms with E-state index in [0.29, 0.717) is 5.13 Å². The second kappa shape index (κ2) is 6.84. The lowest BCUT2D eigenvalue weighted by Crippen LogP contribution is -2.13. The minimum atomic E-state index is -0.486. The van der Waals surface area contributed by atoms with Crippen molar-refractivity contribution in [2.75, 3.05) is 11.6 Å². The van der Waals surface area contributed by atoms with Crippen LogP contribution in [-0.4, -0.2) is 22.4 Å². The Bertz CT molecular complexity index is 673. The Morgan fingerprint density at radius 2 is 2.15 bits per heavy atom. The van der Waals surface area contributed by atoms with Crippen LogP contribution in [0, 0.1) is 11.3 Å². The average Bonchev–Trinajstić information content (AvgIpc) is 2.93. The molecule has 0 fully saturated rings. The largest absolute Gasteiger partial charge is 0.296 e. The molecule has 100 valence electrons. The topological polar surface area (TPSA) is 78.7 Å². The van der Waals surface area contributed by atoms with E-state index in [-0.39, 0.29) is 5.57 Å². The minimum absolute atomic E-state index is 0.0251. The number of benzene rings is 1. The van der Waals surface area contributed by atoms with E-state index in [0.717, 1.165) is 9.90 Å². The van der Waals surface area contributed by atoms with Crippen LogP contribution in [0.2, 0.25) is 0 Å². The Morgan fingerprint density at radius 1 is 1.40 bits per heavy atom. The van der Waals surface area contributed by atoms with Gasteiger partial charge in [-0.25, -0.2) is 0 Å². The first-order chi connectivity index (χ1) is 9.72. The van der Waals surface area contributed by atoms with Gasteiger partial charge in [-0.1, -0.05) is 53.4 Å². The SMILES string of the molecule is CSc1nnc(NC(=O)/C(C#N)=C/c2ccccc2)s1. The van der Waals surface area contributed by atoms with Gasteiger partial charge in [-0.15, -0.1) is 10.2 Å². The summed E-state index contributed by atoms with van der Waals surface area (Å²) in [5, 5.41) is 19.7. The first-order valence-corrected chi connectivity index (χ1v) is 7.62. The maximum atomic E-state index is 12.0. The molecule has 0 spiro atoms. The molecule has 0 saturated heterocycles. The summed E-state index contributed by atoms with van der Waals surface area (Å²) in [5.41, 5.74) is 0.818. The number of thioether (sulfide) groups is 1. The van der Waals surface area contributed by atoms with Gasteiger partial charge in [0.2, 0.25) is 5.13 Å². The van der Waals surface area contributed by atoms with Gasteiger partial charge in [-0.2, -0.15) is 5.26 Å². The van der Waals surface area contributed by atoms with Crippen LogP contribution in [0.15, 0.2) is 40.2 Å². The predicted octanol–water partition coefficient (Wildman–Crippen LogP) is 2.81. The number of nitrogens with one attached hydrogen (secondary N) is 1. The summed E-state index contributed by atoms with van der Waals surface area (Å²) in [6.45, 7) is 0. The van der Waals surface area contributed by atoms with Crippen LogP contribution >= 0.6 is 23.1 Å². The smallest absolute Gasteiger partial charge is 0.268 e. The van der Waals surface area contributed by atoms with Gasteiger partial charge in [0, 0.05) is 0 Å². The summed E-state index contributed by atoms with van der Waals surface area (Å²) < 4.78 is 0.755. The maximum Gasteiger partial charge on any atom is 0.268 e. The zero-order chi connectivity index (χ0) is 14.4. The standard InChI is InChI=1S/C13H10N4OS2/c1-19-13-17-16-12(20-13)15-11(18)10(8-14)7-9-5-3-2-4-6-9/h2-7H,1H3,(H,15,16,18)/b10-7+. The Morgan fingerprint density at radius 3 is 2.75 bits per heavy atom. The molecule has 0 bridgehead atoms. The summed E-state index contributed by atoms with van der Waals surface area (Å²) in [5.74, 6) is -0.486. The number of amides is 1. The number of hydrogen-bond acceptors (Lipinski definition) is 6. The van der Waals surface area contributed by atoms with Crippen LogP contribution in [0.4, 0.5) is 5.13 Å². The number of aromatic nitrogens is 2. The van der Waals surface area contributed by atoms with E-state index < -0.39 is 5.91 Å². The molecule has 2 rings (SSSR count). The number of anilines is 1. The molecular formula is C13H10N4OS2. The fraction of sp³-hybridized carbons (Fsp3) is 0.0769. The van der Waals surface area contributed by atoms with Gasteiger partial charge in [0.05, 0.1) is 0 Å². The van der Waals surface area contributed by atoms with Crippen molar-refractivity contribution in [2.24, 2.45) is 0 Å². The molecule has 1 aromatic heterocycles. The van der Waals surface area contributed by atoms with Gasteiger partial charge in [-0.3, -0.25) is 10.1 Å². The zero-order valence-corrected chi connectivity index (χ0v) is 12.2. The van der Waals surface area contributed by atoms with Crippen molar-refractivity contribution in [1.29, 1.82) is 5.26 Å². The van der Waals surface area contributed by atoms with E-state index in [1.54, 1.807) is 0 Å². The van der Waals surface area contributed by atoms with Crippen molar-refractivity contribution in [1.82, 2.24) is 10.2 Å². The molecule has 0 atom stereocenters. The van der Waals surface area contributed by atoms with Crippen LogP contribution < -0.4 is 5.32 Å². The van der Waals surface area contributed by atoms with Crippen LogP contribution in [0.3, 0.4) is 0 Å². The third kappa shape index (κ3) is 3.66. The summed E-state index contributed by atoms with van der Waals surface area (Å²) in [4.78, 5) is 12.0. The van der Waals surface area contributed by atoms with E-state index in [1.807, 2.05) is 42.7 Å². The molecule has 0 aliphatic rings. The van der Waals surface area contributed by atoms with E-state index in [9.17, 15) is 4.79 Å². The van der Waals surface area contributed by atoms with Crippen molar-refractivity contribution < 1.29 is 4.79 Å². The van der Waals surface area contributed by atoms with Crippen LogP contribution in [0.1, 0.15) is 5.56 Å². The van der Waals surface area contributed by atoms with Crippen molar-refractivity contribution in [3.05, 3.63) is 41.5 Å². The molecular weight excluding hydrogens is 292 g/mol. The third-order valence-corrected chi connectivity index (χ3v) is 4.09. The Labute approximate surface area is 124 Å². The summed E-state index contributed by atoms with van der Waals surface area (Å²) in [6, 6.07) is 11.1. The lowest BCUT2D eigenvalue weighted by molar-refractivity contribution is -0.112. The maximum absolute atomic E-state index is 12.0. The second-order valence-corrected chi connectivity index (χ2v) is 5.64. The van der Waals surface area contributed by atoms with E-state index in [2.05, 4.69) is 15.5 Å². The van der Waals surface area contributed by atoms with E-state index in [4.69, 9.17) is 5.26 Å². The Balaban J connectivity index is 2.14. The van der Waals surface area contributed by atoms with Gasteiger partial charge >= 0.3 is 0 Å². The average molecular weight is 302 g/mol. The highest BCUT2D eigenvalue weighted by molar-refractivity contribution is 8.00. The number of nitrogens with zero attached hydrogens (tertiary/aromatic N) is 3. The molecule has 20 heavy (non-hydrogen) atoms. The molecule has 1 N–H and O–H groups in total. The van der Waals surface area contributed by atoms with Gasteiger partial charge in [0.25, 0.3) is 5.91 Å². The molecule has 2 aromatic rings. The van der Waals surface area contributed by atoms with Crippen molar-refractivity contribution >= 4 is 40.2 Å². The highest BCUT2D eigenvalue weighted by Crippen LogP contribution is 2.23. The zero-order valence-electron chi connectivity index (χ0n) is 10.5. The van der Waals surface area contributed by atoms with Gasteiger partial charge in [0.1, 0.15) is 11.6 Å². The van der Waals surface area contributed by atoms with E-state index >= 15 is 0 Å². The molecule has 0 radical (unpaired) electrons. The fourth-order valence-electron chi connectivity index (χ4n) is 1.37. The Kier molecular flexibility index (Phi) is 4.87. The quantitative estimate of drug-likeness (QED) is 0.406. The van der Waals surface area contributed by atoms with Crippen LogP contribution in [0.25, 0.3) is 6.08 Å². The fourth-order valence-corrected chi connectivity index (χ4v) is 2.54. The van der Waals surface area contributed by atoms with Gasteiger partial charge in [0.15, 0.2) is 4.34 Å². The van der Waals surface area contributed by atoms with Crippen LogP contribution in [-0.2, 0) is 4.79 Å².